The molecule has 0 spiro atoms. The van der Waals surface area contributed by atoms with Crippen molar-refractivity contribution >= 4 is 34.7 Å². The third kappa shape index (κ3) is 4.04. The Bertz CT molecular complexity index is 889. The van der Waals surface area contributed by atoms with Gasteiger partial charge < -0.3 is 15.0 Å². The number of rotatable bonds is 5. The normalized spacial score (nSPS) is 20.4. The first-order valence-electron chi connectivity index (χ1n) is 9.66. The van der Waals surface area contributed by atoms with Crippen LogP contribution in [0.4, 0.5) is 5.69 Å². The number of hydrogen-bond acceptors (Lipinski definition) is 6. The molecule has 0 unspecified atom stereocenters. The van der Waals surface area contributed by atoms with Crippen LogP contribution in [0.3, 0.4) is 0 Å². The van der Waals surface area contributed by atoms with Crippen LogP contribution in [-0.2, 0) is 9.59 Å². The molecule has 8 heteroatoms. The van der Waals surface area contributed by atoms with Crippen molar-refractivity contribution < 1.29 is 19.1 Å². The Kier molecular flexibility index (Phi) is 5.64. The highest BCUT2D eigenvalue weighted by atomic mass is 32.1. The van der Waals surface area contributed by atoms with Gasteiger partial charge in [0.05, 0.1) is 30.1 Å². The van der Waals surface area contributed by atoms with E-state index in [2.05, 4.69) is 5.32 Å². The van der Waals surface area contributed by atoms with Gasteiger partial charge >= 0.3 is 0 Å². The molecule has 1 N–H and O–H groups in total. The summed E-state index contributed by atoms with van der Waals surface area (Å²) in [5.74, 6) is 0.308. The topological polar surface area (TPSA) is 79.0 Å². The number of nitrogens with one attached hydrogen (secondary N) is 1. The number of benzene rings is 1. The number of carbonyl (C=O) groups excluding carboxylic acids is 3. The molecule has 2 fully saturated rings. The molecule has 0 aliphatic carbocycles. The van der Waals surface area contributed by atoms with Gasteiger partial charge in [-0.05, 0) is 48.6 Å². The standard InChI is InChI=1S/C21H23N3O4S/c1-28-16-6-4-15(5-7-16)24-19(25)13-17(20(24)26)22-14-8-10-23(11-9-14)21(27)18-3-2-12-29-18/h2-7,12,14,17,22H,8-11,13H2,1H3/t17-/m1/s1. The Morgan fingerprint density at radius 2 is 1.86 bits per heavy atom. The molecule has 1 aromatic carbocycles. The van der Waals surface area contributed by atoms with Gasteiger partial charge in [-0.25, -0.2) is 4.90 Å². The first-order valence-corrected chi connectivity index (χ1v) is 10.5. The predicted molar refractivity (Wildman–Crippen MR) is 110 cm³/mol. The van der Waals surface area contributed by atoms with Crippen molar-refractivity contribution in [1.82, 2.24) is 10.2 Å². The van der Waals surface area contributed by atoms with Crippen LogP contribution in [0.2, 0.25) is 0 Å². The fourth-order valence-corrected chi connectivity index (χ4v) is 4.55. The Balaban J connectivity index is 1.34. The summed E-state index contributed by atoms with van der Waals surface area (Å²) in [4.78, 5) is 41.6. The number of imide groups is 1. The van der Waals surface area contributed by atoms with Crippen molar-refractivity contribution in [3.05, 3.63) is 46.7 Å². The van der Waals surface area contributed by atoms with E-state index in [0.29, 0.717) is 24.5 Å². The van der Waals surface area contributed by atoms with Crippen LogP contribution in [0.25, 0.3) is 0 Å². The second-order valence-electron chi connectivity index (χ2n) is 7.23. The van der Waals surface area contributed by atoms with Gasteiger partial charge in [0.25, 0.3) is 11.8 Å². The minimum Gasteiger partial charge on any atom is -0.497 e. The van der Waals surface area contributed by atoms with E-state index in [-0.39, 0.29) is 30.2 Å². The molecule has 3 heterocycles. The number of amides is 3. The van der Waals surface area contributed by atoms with Gasteiger partial charge in [-0.2, -0.15) is 0 Å². The van der Waals surface area contributed by atoms with Gasteiger partial charge in [-0.15, -0.1) is 11.3 Å². The van der Waals surface area contributed by atoms with Gasteiger partial charge in [-0.3, -0.25) is 14.4 Å². The maximum Gasteiger partial charge on any atom is 0.263 e. The number of carbonyl (C=O) groups is 3. The molecular formula is C21H23N3O4S. The first kappa shape index (κ1) is 19.6. The van der Waals surface area contributed by atoms with Crippen LogP contribution in [0.1, 0.15) is 28.9 Å². The molecule has 1 atom stereocenters. The van der Waals surface area contributed by atoms with E-state index < -0.39 is 6.04 Å². The molecule has 2 saturated heterocycles. The lowest BCUT2D eigenvalue weighted by atomic mass is 10.0. The maximum atomic E-state index is 12.8. The van der Waals surface area contributed by atoms with Crippen LogP contribution in [-0.4, -0.2) is 54.9 Å². The quantitative estimate of drug-likeness (QED) is 0.761. The highest BCUT2D eigenvalue weighted by molar-refractivity contribution is 7.12. The van der Waals surface area contributed by atoms with E-state index in [1.807, 2.05) is 22.4 Å². The summed E-state index contributed by atoms with van der Waals surface area (Å²) in [6.45, 7) is 1.29. The number of thiophene rings is 1. The Morgan fingerprint density at radius 3 is 2.48 bits per heavy atom. The fraction of sp³-hybridized carbons (Fsp3) is 0.381. The summed E-state index contributed by atoms with van der Waals surface area (Å²) >= 11 is 1.45. The summed E-state index contributed by atoms with van der Waals surface area (Å²) in [6.07, 6.45) is 1.68. The Labute approximate surface area is 173 Å². The van der Waals surface area contributed by atoms with Crippen molar-refractivity contribution in [2.24, 2.45) is 0 Å². The van der Waals surface area contributed by atoms with Crippen LogP contribution in [0.15, 0.2) is 41.8 Å². The minimum atomic E-state index is -0.519. The lowest BCUT2D eigenvalue weighted by Crippen LogP contribution is -2.49. The van der Waals surface area contributed by atoms with Gasteiger partial charge in [0, 0.05) is 19.1 Å². The molecule has 0 radical (unpaired) electrons. The molecule has 2 aromatic rings. The number of ether oxygens (including phenoxy) is 1. The zero-order chi connectivity index (χ0) is 20.4. The van der Waals surface area contributed by atoms with Crippen LogP contribution < -0.4 is 15.0 Å². The maximum absolute atomic E-state index is 12.8. The molecule has 2 aliphatic rings. The van der Waals surface area contributed by atoms with Crippen molar-refractivity contribution in [3.8, 4) is 5.75 Å². The van der Waals surface area contributed by atoms with Gasteiger partial charge in [0.1, 0.15) is 5.75 Å². The van der Waals surface area contributed by atoms with E-state index in [1.165, 1.54) is 16.2 Å². The second-order valence-corrected chi connectivity index (χ2v) is 8.18. The van der Waals surface area contributed by atoms with Crippen molar-refractivity contribution in [1.29, 1.82) is 0 Å². The smallest absolute Gasteiger partial charge is 0.263 e. The summed E-state index contributed by atoms with van der Waals surface area (Å²) in [5, 5.41) is 5.24. The molecule has 2 aliphatic heterocycles. The molecule has 0 saturated carbocycles. The van der Waals surface area contributed by atoms with Gasteiger partial charge in [0.2, 0.25) is 5.91 Å². The number of hydrogen-bond donors (Lipinski definition) is 1. The number of methoxy groups -OCH3 is 1. The molecule has 152 valence electrons. The first-order chi connectivity index (χ1) is 14.1. The SMILES string of the molecule is COc1ccc(N2C(=O)C[C@@H](NC3CCN(C(=O)c4cccs4)CC3)C2=O)cc1. The largest absolute Gasteiger partial charge is 0.497 e. The Hall–Kier alpha value is -2.71. The van der Waals surface area contributed by atoms with E-state index in [9.17, 15) is 14.4 Å². The number of piperidine rings is 1. The Morgan fingerprint density at radius 1 is 1.14 bits per heavy atom. The van der Waals surface area contributed by atoms with Crippen molar-refractivity contribution in [2.75, 3.05) is 25.1 Å². The van der Waals surface area contributed by atoms with Gasteiger partial charge in [-0.1, -0.05) is 6.07 Å². The van der Waals surface area contributed by atoms with Gasteiger partial charge in [0.15, 0.2) is 0 Å². The summed E-state index contributed by atoms with van der Waals surface area (Å²) in [6, 6.07) is 10.2. The zero-order valence-corrected chi connectivity index (χ0v) is 17.0. The molecule has 29 heavy (non-hydrogen) atoms. The zero-order valence-electron chi connectivity index (χ0n) is 16.2. The van der Waals surface area contributed by atoms with E-state index in [0.717, 1.165) is 17.7 Å². The van der Waals surface area contributed by atoms with E-state index in [1.54, 1.807) is 31.4 Å². The van der Waals surface area contributed by atoms with E-state index in [4.69, 9.17) is 4.74 Å². The summed E-state index contributed by atoms with van der Waals surface area (Å²) in [5.41, 5.74) is 0.557. The summed E-state index contributed by atoms with van der Waals surface area (Å²) in [7, 11) is 1.57. The number of nitrogens with zero attached hydrogens (tertiary/aromatic N) is 2. The summed E-state index contributed by atoms with van der Waals surface area (Å²) < 4.78 is 5.13. The lowest BCUT2D eigenvalue weighted by Gasteiger charge is -2.33. The molecule has 0 bridgehead atoms. The van der Waals surface area contributed by atoms with Crippen LogP contribution in [0, 0.1) is 0 Å². The minimum absolute atomic E-state index is 0.0660. The molecule has 4 rings (SSSR count). The monoisotopic (exact) mass is 413 g/mol. The third-order valence-corrected chi connectivity index (χ3v) is 6.29. The molecule has 3 amide bonds. The molecule has 7 nitrogen and oxygen atoms in total. The predicted octanol–water partition coefficient (Wildman–Crippen LogP) is 2.28. The van der Waals surface area contributed by atoms with E-state index >= 15 is 0 Å². The third-order valence-electron chi connectivity index (χ3n) is 5.43. The van der Waals surface area contributed by atoms with Crippen molar-refractivity contribution in [2.45, 2.75) is 31.3 Å². The highest BCUT2D eigenvalue weighted by Gasteiger charge is 2.40. The highest BCUT2D eigenvalue weighted by Crippen LogP contribution is 2.26. The average Bonchev–Trinajstić information content (AvgIpc) is 3.37. The van der Waals surface area contributed by atoms with Crippen LogP contribution in [0.5, 0.6) is 5.75 Å². The molecular weight excluding hydrogens is 390 g/mol. The van der Waals surface area contributed by atoms with Crippen LogP contribution >= 0.6 is 11.3 Å². The van der Waals surface area contributed by atoms with Crippen molar-refractivity contribution in [3.63, 3.8) is 0 Å². The fourth-order valence-electron chi connectivity index (χ4n) is 3.85. The lowest BCUT2D eigenvalue weighted by molar-refractivity contribution is -0.121. The average molecular weight is 413 g/mol. The second kappa shape index (κ2) is 8.34. The molecule has 1 aromatic heterocycles. The number of likely N-dealkylation sites (tertiary alicyclic amines) is 1. The number of anilines is 1.